The summed E-state index contributed by atoms with van der Waals surface area (Å²) in [5.41, 5.74) is 0.259. The summed E-state index contributed by atoms with van der Waals surface area (Å²) in [5, 5.41) is 4.24. The molecule has 2 atom stereocenters. The van der Waals surface area contributed by atoms with Crippen molar-refractivity contribution in [3.63, 3.8) is 0 Å². The van der Waals surface area contributed by atoms with Crippen molar-refractivity contribution in [3.05, 3.63) is 27.7 Å². The van der Waals surface area contributed by atoms with E-state index in [0.717, 1.165) is 46.7 Å². The average Bonchev–Trinajstić information content (AvgIpc) is 2.96. The van der Waals surface area contributed by atoms with Crippen molar-refractivity contribution in [2.24, 2.45) is 11.8 Å². The molecule has 3 nitrogen and oxygen atoms in total. The third-order valence-electron chi connectivity index (χ3n) is 5.03. The monoisotopic (exact) mass is 372 g/mol. The molecule has 21 heavy (non-hydrogen) atoms. The molecule has 2 unspecified atom stereocenters. The normalized spacial score (nSPS) is 27.8. The average molecular weight is 374 g/mol. The van der Waals surface area contributed by atoms with Gasteiger partial charge < -0.3 is 10.1 Å². The highest BCUT2D eigenvalue weighted by Crippen LogP contribution is 2.40. The molecule has 0 aromatic heterocycles. The zero-order valence-corrected chi connectivity index (χ0v) is 14.9. The Morgan fingerprint density at radius 2 is 2.24 bits per heavy atom. The first-order chi connectivity index (χ1) is 9.98. The second-order valence-corrected chi connectivity index (χ2v) is 7.84. The molecule has 2 heterocycles. The Bertz CT molecular complexity index is 523. The van der Waals surface area contributed by atoms with Gasteiger partial charge in [-0.2, -0.15) is 0 Å². The van der Waals surface area contributed by atoms with Crippen molar-refractivity contribution >= 4 is 27.5 Å². The third-order valence-corrected chi connectivity index (χ3v) is 5.88. The Hall–Kier alpha value is -0.290. The largest absolute Gasteiger partial charge is 0.491 e. The zero-order chi connectivity index (χ0) is 15.0. The van der Waals surface area contributed by atoms with Gasteiger partial charge >= 0.3 is 0 Å². The van der Waals surface area contributed by atoms with Gasteiger partial charge in [0.25, 0.3) is 0 Å². The summed E-state index contributed by atoms with van der Waals surface area (Å²) < 4.78 is 6.82. The first kappa shape index (κ1) is 15.6. The molecule has 3 rings (SSSR count). The van der Waals surface area contributed by atoms with E-state index in [9.17, 15) is 0 Å². The molecule has 2 fully saturated rings. The smallest absolute Gasteiger partial charge is 0.133 e. The molecule has 0 saturated carbocycles. The number of rotatable bonds is 4. The van der Waals surface area contributed by atoms with Crippen molar-refractivity contribution in [1.29, 1.82) is 0 Å². The van der Waals surface area contributed by atoms with Crippen LogP contribution in [0.3, 0.4) is 0 Å². The highest BCUT2D eigenvalue weighted by molar-refractivity contribution is 9.10. The van der Waals surface area contributed by atoms with Gasteiger partial charge in [-0.15, -0.1) is 0 Å². The minimum absolute atomic E-state index is 0.259. The maximum atomic E-state index is 5.95. The molecule has 0 aliphatic carbocycles. The van der Waals surface area contributed by atoms with E-state index in [0.29, 0.717) is 6.61 Å². The number of fused-ring (bicyclic) bond motifs is 1. The van der Waals surface area contributed by atoms with Gasteiger partial charge in [-0.05, 0) is 66.4 Å². The number of nitrogens with one attached hydrogen (secondary N) is 1. The van der Waals surface area contributed by atoms with Crippen LogP contribution >= 0.6 is 27.5 Å². The van der Waals surface area contributed by atoms with Gasteiger partial charge in [0, 0.05) is 30.2 Å². The predicted octanol–water partition coefficient (Wildman–Crippen LogP) is 3.41. The molecule has 2 saturated heterocycles. The Morgan fingerprint density at radius 3 is 2.95 bits per heavy atom. The van der Waals surface area contributed by atoms with Crippen LogP contribution < -0.4 is 10.1 Å². The molecule has 1 aromatic carbocycles. The third kappa shape index (κ3) is 3.09. The highest BCUT2D eigenvalue weighted by atomic mass is 79.9. The molecule has 0 bridgehead atoms. The fraction of sp³-hybridized carbons (Fsp3) is 0.625. The van der Waals surface area contributed by atoms with Gasteiger partial charge in [-0.1, -0.05) is 11.6 Å². The van der Waals surface area contributed by atoms with Crippen LogP contribution in [0.2, 0.25) is 5.02 Å². The summed E-state index contributed by atoms with van der Waals surface area (Å²) >= 11 is 9.44. The summed E-state index contributed by atoms with van der Waals surface area (Å²) in [7, 11) is 0. The fourth-order valence-corrected chi connectivity index (χ4v) is 4.54. The Morgan fingerprint density at radius 1 is 1.43 bits per heavy atom. The zero-order valence-electron chi connectivity index (χ0n) is 12.5. The van der Waals surface area contributed by atoms with E-state index in [-0.39, 0.29) is 5.54 Å². The summed E-state index contributed by atoms with van der Waals surface area (Å²) in [5.74, 6) is 2.42. The quantitative estimate of drug-likeness (QED) is 0.875. The van der Waals surface area contributed by atoms with E-state index < -0.39 is 0 Å². The standard InChI is InChI=1S/C16H22BrClN2O/c1-16(2)13-9-19-8-11(13)10-20(16)5-6-21-15-4-3-12(18)7-14(15)17/h3-4,7,11,13,19H,5-6,8-10H2,1-2H3. The van der Waals surface area contributed by atoms with Crippen LogP contribution in [0.1, 0.15) is 13.8 Å². The lowest BCUT2D eigenvalue weighted by Gasteiger charge is -2.35. The summed E-state index contributed by atoms with van der Waals surface area (Å²) in [6.45, 7) is 9.89. The number of nitrogens with zero attached hydrogens (tertiary/aromatic N) is 1. The summed E-state index contributed by atoms with van der Waals surface area (Å²) in [6, 6.07) is 5.64. The molecule has 0 spiro atoms. The van der Waals surface area contributed by atoms with Gasteiger partial charge in [0.1, 0.15) is 12.4 Å². The fourth-order valence-electron chi connectivity index (χ4n) is 3.74. The summed E-state index contributed by atoms with van der Waals surface area (Å²) in [6.07, 6.45) is 0. The van der Waals surface area contributed by atoms with Gasteiger partial charge in [-0.3, -0.25) is 4.90 Å². The topological polar surface area (TPSA) is 24.5 Å². The molecule has 1 N–H and O–H groups in total. The van der Waals surface area contributed by atoms with Crippen molar-refractivity contribution in [2.45, 2.75) is 19.4 Å². The lowest BCUT2D eigenvalue weighted by Crippen LogP contribution is -2.46. The van der Waals surface area contributed by atoms with E-state index in [1.54, 1.807) is 0 Å². The van der Waals surface area contributed by atoms with Crippen LogP contribution in [0.5, 0.6) is 5.75 Å². The van der Waals surface area contributed by atoms with Crippen molar-refractivity contribution in [1.82, 2.24) is 10.2 Å². The molecule has 0 radical (unpaired) electrons. The van der Waals surface area contributed by atoms with Gasteiger partial charge in [-0.25, -0.2) is 0 Å². The van der Waals surface area contributed by atoms with E-state index in [1.165, 1.54) is 6.54 Å². The lowest BCUT2D eigenvalue weighted by molar-refractivity contribution is 0.117. The minimum atomic E-state index is 0.259. The van der Waals surface area contributed by atoms with E-state index >= 15 is 0 Å². The van der Waals surface area contributed by atoms with Crippen LogP contribution in [-0.4, -0.2) is 43.2 Å². The molecule has 116 valence electrons. The number of hydrogen-bond donors (Lipinski definition) is 1. The number of benzene rings is 1. The highest BCUT2D eigenvalue weighted by Gasteiger charge is 2.49. The molecule has 2 aliphatic heterocycles. The molecule has 0 amide bonds. The van der Waals surface area contributed by atoms with Crippen LogP contribution in [0.15, 0.2) is 22.7 Å². The van der Waals surface area contributed by atoms with E-state index in [1.807, 2.05) is 18.2 Å². The first-order valence-corrected chi connectivity index (χ1v) is 8.69. The lowest BCUT2D eigenvalue weighted by atomic mass is 9.85. The maximum absolute atomic E-state index is 5.95. The molecule has 5 heteroatoms. The number of hydrogen-bond acceptors (Lipinski definition) is 3. The summed E-state index contributed by atoms with van der Waals surface area (Å²) in [4.78, 5) is 2.58. The SMILES string of the molecule is CC1(C)C2CNCC2CN1CCOc1ccc(Cl)cc1Br. The number of ether oxygens (including phenoxy) is 1. The molecular formula is C16H22BrClN2O. The van der Waals surface area contributed by atoms with Crippen LogP contribution in [-0.2, 0) is 0 Å². The minimum Gasteiger partial charge on any atom is -0.491 e. The first-order valence-electron chi connectivity index (χ1n) is 7.52. The maximum Gasteiger partial charge on any atom is 0.133 e. The number of halogens is 2. The van der Waals surface area contributed by atoms with Crippen LogP contribution in [0, 0.1) is 11.8 Å². The van der Waals surface area contributed by atoms with E-state index in [4.69, 9.17) is 16.3 Å². The Labute approximate surface area is 140 Å². The van der Waals surface area contributed by atoms with Gasteiger partial charge in [0.15, 0.2) is 0 Å². The Balaban J connectivity index is 1.56. The van der Waals surface area contributed by atoms with Crippen molar-refractivity contribution in [3.8, 4) is 5.75 Å². The number of likely N-dealkylation sites (tertiary alicyclic amines) is 1. The van der Waals surface area contributed by atoms with Crippen LogP contribution in [0.25, 0.3) is 0 Å². The molecule has 2 aliphatic rings. The van der Waals surface area contributed by atoms with Gasteiger partial charge in [0.05, 0.1) is 4.47 Å². The van der Waals surface area contributed by atoms with Crippen LogP contribution in [0.4, 0.5) is 0 Å². The van der Waals surface area contributed by atoms with E-state index in [2.05, 4.69) is 40.0 Å². The predicted molar refractivity (Wildman–Crippen MR) is 90.1 cm³/mol. The van der Waals surface area contributed by atoms with Crippen molar-refractivity contribution in [2.75, 3.05) is 32.8 Å². The molecule has 1 aromatic rings. The Kier molecular flexibility index (Phi) is 4.51. The van der Waals surface area contributed by atoms with Crippen molar-refractivity contribution < 1.29 is 4.74 Å². The second kappa shape index (κ2) is 6.07. The second-order valence-electron chi connectivity index (χ2n) is 6.55. The molecular weight excluding hydrogens is 352 g/mol. The van der Waals surface area contributed by atoms with Gasteiger partial charge in [0.2, 0.25) is 0 Å².